The van der Waals surface area contributed by atoms with Crippen LogP contribution in [-0.2, 0) is 6.16 Å². The van der Waals surface area contributed by atoms with Crippen molar-refractivity contribution in [3.8, 4) is 17.6 Å². The molecule has 0 radical (unpaired) electrons. The van der Waals surface area contributed by atoms with Crippen LogP contribution in [-0.4, -0.2) is 0 Å². The van der Waals surface area contributed by atoms with E-state index < -0.39 is 7.26 Å². The summed E-state index contributed by atoms with van der Waals surface area (Å²) in [7, 11) is -1.94. The third-order valence-corrected chi connectivity index (χ3v) is 10.5. The Hall–Kier alpha value is -3.89. The van der Waals surface area contributed by atoms with Crippen molar-refractivity contribution in [1.82, 2.24) is 0 Å². The first-order valence-corrected chi connectivity index (χ1v) is 13.6. The monoisotopic (exact) mass is 505 g/mol. The average molecular weight is 506 g/mol. The van der Waals surface area contributed by atoms with Gasteiger partial charge in [-0.3, -0.25) is 0 Å². The SMILES string of the molecule is N#Cc1ccc(Oc2ccc(C[P+](c3ccccc3)(c3ccccc3)c3ccccc3)cc2)cc1.[Cl-]. The van der Waals surface area contributed by atoms with E-state index in [2.05, 4.69) is 109 Å². The molecule has 0 saturated carbocycles. The highest BCUT2D eigenvalue weighted by Gasteiger charge is 2.45. The highest BCUT2D eigenvalue weighted by molar-refractivity contribution is 7.95. The van der Waals surface area contributed by atoms with E-state index in [1.807, 2.05) is 24.3 Å². The van der Waals surface area contributed by atoms with E-state index in [1.165, 1.54) is 21.5 Å². The molecule has 0 unspecified atom stereocenters. The van der Waals surface area contributed by atoms with Crippen molar-refractivity contribution in [2.45, 2.75) is 6.16 Å². The van der Waals surface area contributed by atoms with E-state index in [-0.39, 0.29) is 12.4 Å². The zero-order chi connectivity index (χ0) is 23.9. The van der Waals surface area contributed by atoms with Gasteiger partial charge in [-0.05, 0) is 78.4 Å². The zero-order valence-corrected chi connectivity index (χ0v) is 21.3. The molecule has 5 aromatic carbocycles. The van der Waals surface area contributed by atoms with Gasteiger partial charge in [-0.25, -0.2) is 0 Å². The highest BCUT2D eigenvalue weighted by Crippen LogP contribution is 2.58. The Labute approximate surface area is 219 Å². The standard InChI is InChI=1S/C32H25NOP.ClH/c33-24-26-16-20-28(21-17-26)34-29-22-18-27(19-23-29)25-35(30-10-4-1-5-11-30,31-12-6-2-7-13-31)32-14-8-3-9-15-32;/h1-23H,25H2;1H/q+1;/p-1. The molecule has 0 aliphatic carbocycles. The molecule has 0 N–H and O–H groups in total. The van der Waals surface area contributed by atoms with Crippen molar-refractivity contribution in [2.24, 2.45) is 0 Å². The predicted molar refractivity (Wildman–Crippen MR) is 147 cm³/mol. The number of rotatable bonds is 7. The molecule has 176 valence electrons. The molecular formula is C32H25ClNOP. The lowest BCUT2D eigenvalue weighted by atomic mass is 10.2. The fraction of sp³-hybridized carbons (Fsp3) is 0.0312. The molecule has 0 saturated heterocycles. The predicted octanol–water partition coefficient (Wildman–Crippen LogP) is 3.85. The molecule has 0 spiro atoms. The molecule has 0 aliphatic rings. The Morgan fingerprint density at radius 1 is 0.528 bits per heavy atom. The van der Waals surface area contributed by atoms with Crippen LogP contribution >= 0.6 is 7.26 Å². The van der Waals surface area contributed by atoms with Crippen LogP contribution in [0.2, 0.25) is 0 Å². The summed E-state index contributed by atoms with van der Waals surface area (Å²) in [6.45, 7) is 0. The van der Waals surface area contributed by atoms with Gasteiger partial charge in [0.25, 0.3) is 0 Å². The van der Waals surface area contributed by atoms with Crippen LogP contribution in [0.4, 0.5) is 0 Å². The quantitative estimate of drug-likeness (QED) is 0.315. The average Bonchev–Trinajstić information content (AvgIpc) is 2.94. The van der Waals surface area contributed by atoms with E-state index in [9.17, 15) is 0 Å². The summed E-state index contributed by atoms with van der Waals surface area (Å²) in [6, 6.07) is 50.5. The molecule has 0 aromatic heterocycles. The minimum atomic E-state index is -1.94. The summed E-state index contributed by atoms with van der Waals surface area (Å²) < 4.78 is 6.02. The molecule has 0 amide bonds. The fourth-order valence-electron chi connectivity index (χ4n) is 4.44. The fourth-order valence-corrected chi connectivity index (χ4v) is 8.68. The molecule has 2 nitrogen and oxygen atoms in total. The van der Waals surface area contributed by atoms with Gasteiger partial charge >= 0.3 is 0 Å². The third-order valence-electron chi connectivity index (χ3n) is 6.15. The highest BCUT2D eigenvalue weighted by atomic mass is 35.5. The molecule has 5 aromatic rings. The van der Waals surface area contributed by atoms with Crippen LogP contribution in [0.5, 0.6) is 11.5 Å². The number of benzene rings is 5. The summed E-state index contributed by atoms with van der Waals surface area (Å²) in [5.74, 6) is 1.50. The Bertz CT molecular complexity index is 1320. The number of hydrogen-bond donors (Lipinski definition) is 0. The van der Waals surface area contributed by atoms with Gasteiger partial charge in [-0.1, -0.05) is 66.7 Å². The molecule has 4 heteroatoms. The zero-order valence-electron chi connectivity index (χ0n) is 19.7. The lowest BCUT2D eigenvalue weighted by Gasteiger charge is -2.28. The van der Waals surface area contributed by atoms with E-state index in [0.717, 1.165) is 17.7 Å². The Balaban J connectivity index is 0.00000304. The molecule has 5 rings (SSSR count). The van der Waals surface area contributed by atoms with Crippen molar-refractivity contribution in [2.75, 3.05) is 0 Å². The van der Waals surface area contributed by atoms with Crippen LogP contribution < -0.4 is 33.1 Å². The largest absolute Gasteiger partial charge is 1.00 e. The molecular weight excluding hydrogens is 481 g/mol. The molecule has 36 heavy (non-hydrogen) atoms. The summed E-state index contributed by atoms with van der Waals surface area (Å²) in [6.07, 6.45) is 0.919. The van der Waals surface area contributed by atoms with Crippen LogP contribution in [0, 0.1) is 11.3 Å². The van der Waals surface area contributed by atoms with E-state index in [1.54, 1.807) is 12.1 Å². The Kier molecular flexibility index (Phi) is 8.19. The van der Waals surface area contributed by atoms with Crippen LogP contribution in [0.15, 0.2) is 140 Å². The van der Waals surface area contributed by atoms with Gasteiger partial charge in [0.1, 0.15) is 34.7 Å². The maximum absolute atomic E-state index is 9.00. The van der Waals surface area contributed by atoms with E-state index in [0.29, 0.717) is 5.56 Å². The van der Waals surface area contributed by atoms with Crippen molar-refractivity contribution in [3.63, 3.8) is 0 Å². The minimum Gasteiger partial charge on any atom is -1.00 e. The first-order chi connectivity index (χ1) is 17.3. The molecule has 0 bridgehead atoms. The van der Waals surface area contributed by atoms with Crippen molar-refractivity contribution in [1.29, 1.82) is 5.26 Å². The third kappa shape index (κ3) is 5.34. The summed E-state index contributed by atoms with van der Waals surface area (Å²) >= 11 is 0. The van der Waals surface area contributed by atoms with Gasteiger partial charge in [-0.2, -0.15) is 5.26 Å². The lowest BCUT2D eigenvalue weighted by molar-refractivity contribution is -0.00000752. The van der Waals surface area contributed by atoms with Crippen molar-refractivity contribution >= 4 is 23.2 Å². The van der Waals surface area contributed by atoms with Gasteiger partial charge in [0.05, 0.1) is 17.8 Å². The van der Waals surface area contributed by atoms with Gasteiger partial charge in [0.15, 0.2) is 0 Å². The smallest absolute Gasteiger partial charge is 0.127 e. The maximum atomic E-state index is 9.00. The van der Waals surface area contributed by atoms with Gasteiger partial charge in [0, 0.05) is 0 Å². The maximum Gasteiger partial charge on any atom is 0.127 e. The molecule has 0 atom stereocenters. The van der Waals surface area contributed by atoms with Gasteiger partial charge < -0.3 is 17.1 Å². The Morgan fingerprint density at radius 2 is 0.917 bits per heavy atom. The topological polar surface area (TPSA) is 33.0 Å². The second-order valence-corrected chi connectivity index (χ2v) is 11.8. The first-order valence-electron chi connectivity index (χ1n) is 11.6. The van der Waals surface area contributed by atoms with E-state index >= 15 is 0 Å². The number of hydrogen-bond acceptors (Lipinski definition) is 2. The summed E-state index contributed by atoms with van der Waals surface area (Å²) in [5.41, 5.74) is 1.89. The molecule has 0 fully saturated rings. The normalized spacial score (nSPS) is 10.6. The van der Waals surface area contributed by atoms with Crippen LogP contribution in [0.3, 0.4) is 0 Å². The number of nitriles is 1. The molecule has 0 heterocycles. The Morgan fingerprint density at radius 3 is 1.31 bits per heavy atom. The van der Waals surface area contributed by atoms with E-state index in [4.69, 9.17) is 10.00 Å². The first kappa shape index (κ1) is 25.2. The second kappa shape index (κ2) is 11.7. The second-order valence-electron chi connectivity index (χ2n) is 8.36. The summed E-state index contributed by atoms with van der Waals surface area (Å²) in [4.78, 5) is 0. The minimum absolute atomic E-state index is 0. The van der Waals surface area contributed by atoms with Crippen LogP contribution in [0.25, 0.3) is 0 Å². The number of halogens is 1. The lowest BCUT2D eigenvalue weighted by Crippen LogP contribution is -3.00. The summed E-state index contributed by atoms with van der Waals surface area (Å²) in [5, 5.41) is 13.1. The number of nitrogens with zero attached hydrogens (tertiary/aromatic N) is 1. The molecule has 0 aliphatic heterocycles. The van der Waals surface area contributed by atoms with Crippen LogP contribution in [0.1, 0.15) is 11.1 Å². The van der Waals surface area contributed by atoms with Crippen molar-refractivity contribution < 1.29 is 17.1 Å². The van der Waals surface area contributed by atoms with Gasteiger partial charge in [0.2, 0.25) is 0 Å². The number of ether oxygens (including phenoxy) is 1. The van der Waals surface area contributed by atoms with Crippen molar-refractivity contribution in [3.05, 3.63) is 151 Å². The van der Waals surface area contributed by atoms with Gasteiger partial charge in [-0.15, -0.1) is 0 Å².